The highest BCUT2D eigenvalue weighted by Crippen LogP contribution is 2.30. The van der Waals surface area contributed by atoms with Crippen LogP contribution in [-0.2, 0) is 6.54 Å². The van der Waals surface area contributed by atoms with E-state index in [-0.39, 0.29) is 0 Å². The Balaban J connectivity index is 1.72. The Morgan fingerprint density at radius 2 is 1.85 bits per heavy atom. The van der Waals surface area contributed by atoms with Crippen LogP contribution >= 0.6 is 0 Å². The van der Waals surface area contributed by atoms with Gasteiger partial charge in [0.15, 0.2) is 0 Å². The summed E-state index contributed by atoms with van der Waals surface area (Å²) in [5.74, 6) is 2.62. The second kappa shape index (κ2) is 8.20. The number of nitrogens with zero attached hydrogens (tertiary/aromatic N) is 2. The Morgan fingerprint density at radius 1 is 1.00 bits per heavy atom. The number of aryl methyl sites for hydroxylation is 1. The first-order valence-electron chi connectivity index (χ1n) is 8.30. The van der Waals surface area contributed by atoms with Crippen molar-refractivity contribution in [1.82, 2.24) is 9.97 Å². The fourth-order valence-electron chi connectivity index (χ4n) is 2.53. The minimum Gasteiger partial charge on any atom is -0.497 e. The second-order valence-electron chi connectivity index (χ2n) is 5.74. The van der Waals surface area contributed by atoms with Crippen molar-refractivity contribution in [3.8, 4) is 11.5 Å². The number of benzene rings is 2. The lowest BCUT2D eigenvalue weighted by Gasteiger charge is -2.12. The highest BCUT2D eigenvalue weighted by atomic mass is 16.5. The van der Waals surface area contributed by atoms with Crippen molar-refractivity contribution < 1.29 is 9.47 Å². The molecule has 0 aliphatic rings. The molecular formula is C20H22N4O2. The summed E-state index contributed by atoms with van der Waals surface area (Å²) in [6.45, 7) is 2.80. The van der Waals surface area contributed by atoms with Crippen molar-refractivity contribution in [2.45, 2.75) is 13.5 Å². The molecule has 0 aliphatic carbocycles. The van der Waals surface area contributed by atoms with Crippen LogP contribution in [0.2, 0.25) is 0 Å². The van der Waals surface area contributed by atoms with E-state index < -0.39 is 0 Å². The summed E-state index contributed by atoms with van der Waals surface area (Å²) in [7, 11) is 3.23. The Morgan fingerprint density at radius 3 is 2.62 bits per heavy atom. The summed E-state index contributed by atoms with van der Waals surface area (Å²) in [5.41, 5.74) is 3.25. The summed E-state index contributed by atoms with van der Waals surface area (Å²) in [4.78, 5) is 8.79. The van der Waals surface area contributed by atoms with E-state index in [0.717, 1.165) is 17.3 Å². The molecular weight excluding hydrogens is 328 g/mol. The fourth-order valence-corrected chi connectivity index (χ4v) is 2.53. The van der Waals surface area contributed by atoms with Gasteiger partial charge in [0.1, 0.15) is 17.3 Å². The zero-order chi connectivity index (χ0) is 18.4. The first-order valence-corrected chi connectivity index (χ1v) is 8.30. The molecule has 2 N–H and O–H groups in total. The van der Waals surface area contributed by atoms with Crippen LogP contribution in [0.25, 0.3) is 0 Å². The van der Waals surface area contributed by atoms with E-state index in [4.69, 9.17) is 9.47 Å². The van der Waals surface area contributed by atoms with Gasteiger partial charge in [0, 0.05) is 18.8 Å². The highest BCUT2D eigenvalue weighted by molar-refractivity contribution is 5.64. The molecule has 0 saturated carbocycles. The minimum atomic E-state index is 0.489. The van der Waals surface area contributed by atoms with E-state index >= 15 is 0 Å². The largest absolute Gasteiger partial charge is 0.497 e. The van der Waals surface area contributed by atoms with Crippen LogP contribution in [0.15, 0.2) is 54.7 Å². The molecule has 0 saturated heterocycles. The van der Waals surface area contributed by atoms with Crippen molar-refractivity contribution in [3.63, 3.8) is 0 Å². The first-order chi connectivity index (χ1) is 12.7. The van der Waals surface area contributed by atoms with Gasteiger partial charge >= 0.3 is 0 Å². The molecule has 2 aromatic carbocycles. The van der Waals surface area contributed by atoms with E-state index in [1.165, 1.54) is 11.1 Å². The molecule has 3 rings (SSSR count). The van der Waals surface area contributed by atoms with Gasteiger partial charge in [0.2, 0.25) is 5.95 Å². The molecule has 1 heterocycles. The fraction of sp³-hybridized carbons (Fsp3) is 0.200. The van der Waals surface area contributed by atoms with E-state index in [0.29, 0.717) is 18.2 Å². The third-order valence-corrected chi connectivity index (χ3v) is 4.03. The van der Waals surface area contributed by atoms with Gasteiger partial charge in [-0.05, 0) is 36.2 Å². The maximum absolute atomic E-state index is 5.40. The van der Waals surface area contributed by atoms with Gasteiger partial charge in [0.25, 0.3) is 0 Å². The van der Waals surface area contributed by atoms with Crippen molar-refractivity contribution in [1.29, 1.82) is 0 Å². The van der Waals surface area contributed by atoms with E-state index in [2.05, 4.69) is 39.7 Å². The molecule has 0 bridgehead atoms. The number of hydrogen-bond donors (Lipinski definition) is 2. The van der Waals surface area contributed by atoms with Crippen molar-refractivity contribution in [3.05, 3.63) is 65.9 Å². The predicted molar refractivity (Wildman–Crippen MR) is 103 cm³/mol. The molecule has 0 radical (unpaired) electrons. The van der Waals surface area contributed by atoms with Crippen molar-refractivity contribution in [2.75, 3.05) is 24.9 Å². The van der Waals surface area contributed by atoms with Crippen LogP contribution < -0.4 is 20.1 Å². The molecule has 6 nitrogen and oxygen atoms in total. The third kappa shape index (κ3) is 4.22. The van der Waals surface area contributed by atoms with Crippen LogP contribution in [-0.4, -0.2) is 24.2 Å². The van der Waals surface area contributed by atoms with Gasteiger partial charge < -0.3 is 20.1 Å². The maximum Gasteiger partial charge on any atom is 0.229 e. The lowest BCUT2D eigenvalue weighted by molar-refractivity contribution is 0.395. The van der Waals surface area contributed by atoms with E-state index in [1.54, 1.807) is 20.4 Å². The van der Waals surface area contributed by atoms with Gasteiger partial charge in [-0.15, -0.1) is 0 Å². The van der Waals surface area contributed by atoms with Gasteiger partial charge in [-0.2, -0.15) is 4.98 Å². The van der Waals surface area contributed by atoms with Crippen molar-refractivity contribution in [2.24, 2.45) is 0 Å². The summed E-state index contributed by atoms with van der Waals surface area (Å²) < 4.78 is 10.6. The van der Waals surface area contributed by atoms with Crippen LogP contribution in [0.4, 0.5) is 17.5 Å². The van der Waals surface area contributed by atoms with Crippen LogP contribution in [0.3, 0.4) is 0 Å². The number of hydrogen-bond acceptors (Lipinski definition) is 6. The molecule has 0 fully saturated rings. The molecule has 0 atom stereocenters. The number of nitrogens with one attached hydrogen (secondary N) is 2. The number of rotatable bonds is 7. The average molecular weight is 350 g/mol. The maximum atomic E-state index is 5.40. The van der Waals surface area contributed by atoms with Gasteiger partial charge in [-0.1, -0.05) is 24.3 Å². The second-order valence-corrected chi connectivity index (χ2v) is 5.74. The summed E-state index contributed by atoms with van der Waals surface area (Å²) in [6.07, 6.45) is 1.71. The Bertz CT molecular complexity index is 883. The molecule has 134 valence electrons. The monoisotopic (exact) mass is 350 g/mol. The zero-order valence-electron chi connectivity index (χ0n) is 15.1. The van der Waals surface area contributed by atoms with Gasteiger partial charge in [-0.25, -0.2) is 4.98 Å². The quantitative estimate of drug-likeness (QED) is 0.667. The molecule has 0 spiro atoms. The molecule has 1 aromatic heterocycles. The Kier molecular flexibility index (Phi) is 5.53. The Labute approximate surface area is 153 Å². The van der Waals surface area contributed by atoms with Gasteiger partial charge in [-0.3, -0.25) is 0 Å². The van der Waals surface area contributed by atoms with Crippen LogP contribution in [0.5, 0.6) is 11.5 Å². The molecule has 26 heavy (non-hydrogen) atoms. The Hall–Kier alpha value is -3.28. The molecule has 0 aliphatic heterocycles. The standard InChI is InChI=1S/C20H22N4O2/c1-14-6-4-5-7-15(14)13-22-19-10-11-21-20(24-19)23-17-9-8-16(25-2)12-18(17)26-3/h4-12H,13H2,1-3H3,(H2,21,22,23,24). The number of aromatic nitrogens is 2. The van der Waals surface area contributed by atoms with E-state index in [9.17, 15) is 0 Å². The smallest absolute Gasteiger partial charge is 0.229 e. The normalized spacial score (nSPS) is 10.3. The summed E-state index contributed by atoms with van der Waals surface area (Å²) in [5, 5.41) is 6.51. The number of ether oxygens (including phenoxy) is 2. The van der Waals surface area contributed by atoms with E-state index in [1.807, 2.05) is 36.4 Å². The zero-order valence-corrected chi connectivity index (χ0v) is 15.1. The minimum absolute atomic E-state index is 0.489. The van der Waals surface area contributed by atoms with Crippen molar-refractivity contribution >= 4 is 17.5 Å². The topological polar surface area (TPSA) is 68.3 Å². The van der Waals surface area contributed by atoms with Crippen LogP contribution in [0.1, 0.15) is 11.1 Å². The number of anilines is 3. The van der Waals surface area contributed by atoms with Crippen LogP contribution in [0, 0.1) is 6.92 Å². The first kappa shape index (κ1) is 17.5. The molecule has 0 unspecified atom stereocenters. The van der Waals surface area contributed by atoms with Gasteiger partial charge in [0.05, 0.1) is 19.9 Å². The molecule has 3 aromatic rings. The number of methoxy groups -OCH3 is 2. The SMILES string of the molecule is COc1ccc(Nc2nccc(NCc3ccccc3C)n2)c(OC)c1. The lowest BCUT2D eigenvalue weighted by Crippen LogP contribution is -2.05. The molecule has 6 heteroatoms. The highest BCUT2D eigenvalue weighted by Gasteiger charge is 2.07. The third-order valence-electron chi connectivity index (χ3n) is 4.03. The summed E-state index contributed by atoms with van der Waals surface area (Å²) in [6, 6.07) is 15.6. The summed E-state index contributed by atoms with van der Waals surface area (Å²) >= 11 is 0. The average Bonchev–Trinajstić information content (AvgIpc) is 2.68. The lowest BCUT2D eigenvalue weighted by atomic mass is 10.1. The predicted octanol–water partition coefficient (Wildman–Crippen LogP) is 4.16. The molecule has 0 amide bonds.